The molecule has 0 bridgehead atoms. The summed E-state index contributed by atoms with van der Waals surface area (Å²) >= 11 is 0. The van der Waals surface area contributed by atoms with Crippen molar-refractivity contribution in [2.75, 3.05) is 0 Å². The average Bonchev–Trinajstić information content (AvgIpc) is 2.82. The molecule has 0 amide bonds. The Hall–Kier alpha value is -1.46. The van der Waals surface area contributed by atoms with Gasteiger partial charge in [0.1, 0.15) is 5.78 Å². The van der Waals surface area contributed by atoms with Gasteiger partial charge >= 0.3 is 5.97 Å². The highest BCUT2D eigenvalue weighted by Crippen LogP contribution is 2.34. The number of aliphatic hydroxyl groups excluding tert-OH is 2. The molecule has 5 nitrogen and oxygen atoms in total. The minimum atomic E-state index is -0.876. The van der Waals surface area contributed by atoms with Crippen molar-refractivity contribution < 1.29 is 24.9 Å². The number of aliphatic hydroxyl groups is 2. The van der Waals surface area contributed by atoms with Crippen LogP contribution in [0.4, 0.5) is 0 Å². The van der Waals surface area contributed by atoms with E-state index in [1.807, 2.05) is 6.08 Å². The molecule has 0 aromatic carbocycles. The van der Waals surface area contributed by atoms with Crippen molar-refractivity contribution in [2.24, 2.45) is 11.8 Å². The Morgan fingerprint density at radius 3 is 2.72 bits per heavy atom. The number of allylic oxidation sites excluding steroid dienone is 1. The lowest BCUT2D eigenvalue weighted by molar-refractivity contribution is -0.137. The first-order valence-corrected chi connectivity index (χ1v) is 9.39. The highest BCUT2D eigenvalue weighted by molar-refractivity contribution is 5.84. The van der Waals surface area contributed by atoms with E-state index in [1.54, 1.807) is 12.2 Å². The van der Waals surface area contributed by atoms with Gasteiger partial charge in [0.15, 0.2) is 0 Å². The Balaban J connectivity index is 2.45. The molecule has 1 saturated carbocycles. The Labute approximate surface area is 150 Å². The van der Waals surface area contributed by atoms with E-state index in [0.29, 0.717) is 19.3 Å². The largest absolute Gasteiger partial charge is 0.481 e. The van der Waals surface area contributed by atoms with Gasteiger partial charge in [-0.1, -0.05) is 44.1 Å². The van der Waals surface area contributed by atoms with Crippen molar-refractivity contribution in [1.29, 1.82) is 0 Å². The molecule has 1 aliphatic rings. The van der Waals surface area contributed by atoms with E-state index in [-0.39, 0.29) is 30.5 Å². The summed E-state index contributed by atoms with van der Waals surface area (Å²) in [6, 6.07) is 0. The molecule has 0 radical (unpaired) electrons. The predicted molar refractivity (Wildman–Crippen MR) is 97.1 cm³/mol. The van der Waals surface area contributed by atoms with Crippen LogP contribution in [0.2, 0.25) is 0 Å². The zero-order chi connectivity index (χ0) is 18.7. The maximum absolute atomic E-state index is 12.0. The van der Waals surface area contributed by atoms with Crippen LogP contribution in [-0.4, -0.2) is 39.3 Å². The number of hydrogen-bond donors (Lipinski definition) is 3. The van der Waals surface area contributed by atoms with Gasteiger partial charge in [-0.3, -0.25) is 9.59 Å². The van der Waals surface area contributed by atoms with E-state index in [9.17, 15) is 19.8 Å². The summed E-state index contributed by atoms with van der Waals surface area (Å²) in [6.45, 7) is 2.16. The molecule has 0 aromatic heterocycles. The minimum Gasteiger partial charge on any atom is -0.481 e. The topological polar surface area (TPSA) is 94.8 Å². The molecule has 1 aliphatic carbocycles. The van der Waals surface area contributed by atoms with E-state index in [2.05, 4.69) is 13.0 Å². The SMILES string of the molecule is CCCCC/C=C\C[C@@H](O)/C=C/[C@H]1[C@H](O)CC(=O)[C@@H]1CCCC(=O)O. The molecule has 3 N–H and O–H groups in total. The van der Waals surface area contributed by atoms with E-state index >= 15 is 0 Å². The fourth-order valence-corrected chi connectivity index (χ4v) is 3.27. The van der Waals surface area contributed by atoms with Crippen molar-refractivity contribution in [3.05, 3.63) is 24.3 Å². The average molecular weight is 352 g/mol. The summed E-state index contributed by atoms with van der Waals surface area (Å²) in [5.74, 6) is -1.57. The van der Waals surface area contributed by atoms with E-state index in [0.717, 1.165) is 12.8 Å². The monoisotopic (exact) mass is 352 g/mol. The molecular formula is C20H32O5. The number of aliphatic carboxylic acids is 1. The van der Waals surface area contributed by atoms with Gasteiger partial charge in [-0.2, -0.15) is 0 Å². The number of unbranched alkanes of at least 4 members (excludes halogenated alkanes) is 3. The van der Waals surface area contributed by atoms with Crippen LogP contribution in [0.5, 0.6) is 0 Å². The van der Waals surface area contributed by atoms with Crippen LogP contribution in [0.1, 0.15) is 64.7 Å². The van der Waals surface area contributed by atoms with Gasteiger partial charge in [-0.15, -0.1) is 0 Å². The molecule has 1 rings (SSSR count). The Morgan fingerprint density at radius 1 is 1.28 bits per heavy atom. The van der Waals surface area contributed by atoms with Crippen molar-refractivity contribution >= 4 is 11.8 Å². The third kappa shape index (κ3) is 8.45. The summed E-state index contributed by atoms with van der Waals surface area (Å²) in [7, 11) is 0. The number of carbonyl (C=O) groups is 2. The van der Waals surface area contributed by atoms with Crippen molar-refractivity contribution in [3.8, 4) is 0 Å². The molecule has 4 atom stereocenters. The summed E-state index contributed by atoms with van der Waals surface area (Å²) < 4.78 is 0. The third-order valence-electron chi connectivity index (χ3n) is 4.71. The lowest BCUT2D eigenvalue weighted by atomic mass is 9.89. The number of Topliss-reactive ketones (excluding diaryl/α,β-unsaturated/α-hetero) is 1. The minimum absolute atomic E-state index is 0.0159. The number of carbonyl (C=O) groups excluding carboxylic acids is 1. The first-order valence-electron chi connectivity index (χ1n) is 9.39. The number of rotatable bonds is 12. The molecule has 142 valence electrons. The Kier molecular flexibility index (Phi) is 10.3. The molecule has 5 heteroatoms. The van der Waals surface area contributed by atoms with Crippen LogP contribution in [0, 0.1) is 11.8 Å². The first kappa shape index (κ1) is 21.6. The number of carboxylic acids is 1. The molecule has 0 spiro atoms. The number of carboxylic acid groups (broad SMARTS) is 1. The van der Waals surface area contributed by atoms with Crippen molar-refractivity contribution in [2.45, 2.75) is 76.9 Å². The lowest BCUT2D eigenvalue weighted by Gasteiger charge is -2.17. The maximum atomic E-state index is 12.0. The number of ketones is 1. The lowest BCUT2D eigenvalue weighted by Crippen LogP contribution is -2.19. The molecule has 0 heterocycles. The molecular weight excluding hydrogens is 320 g/mol. The van der Waals surface area contributed by atoms with Gasteiger partial charge in [0.2, 0.25) is 0 Å². The normalized spacial score (nSPS) is 25.2. The standard InChI is InChI=1S/C20H32O5/c1-2-3-4-5-6-7-9-15(21)12-13-17-16(10-8-11-20(24)25)18(22)14-19(17)23/h6-7,12-13,15-17,19,21,23H,2-5,8-11,14H2,1H3,(H,24,25)/b7-6-,13-12+/t15-,16-,17-,19-/m1/s1. The second kappa shape index (κ2) is 12.0. The summed E-state index contributed by atoms with van der Waals surface area (Å²) in [5, 5.41) is 28.8. The zero-order valence-electron chi connectivity index (χ0n) is 15.1. The summed E-state index contributed by atoms with van der Waals surface area (Å²) in [5.41, 5.74) is 0. The predicted octanol–water partition coefficient (Wildman–Crippen LogP) is 3.25. The highest BCUT2D eigenvalue weighted by Gasteiger charge is 2.39. The molecule has 0 saturated heterocycles. The van der Waals surface area contributed by atoms with Crippen molar-refractivity contribution in [1.82, 2.24) is 0 Å². The van der Waals surface area contributed by atoms with Gasteiger partial charge in [-0.25, -0.2) is 0 Å². The van der Waals surface area contributed by atoms with E-state index in [1.165, 1.54) is 12.8 Å². The second-order valence-corrected chi connectivity index (χ2v) is 6.86. The fraction of sp³-hybridized carbons (Fsp3) is 0.700. The van der Waals surface area contributed by atoms with Crippen LogP contribution in [0.25, 0.3) is 0 Å². The van der Waals surface area contributed by atoms with Crippen LogP contribution in [0.15, 0.2) is 24.3 Å². The van der Waals surface area contributed by atoms with Gasteiger partial charge in [-0.05, 0) is 32.1 Å². The van der Waals surface area contributed by atoms with Gasteiger partial charge < -0.3 is 15.3 Å². The van der Waals surface area contributed by atoms with Crippen LogP contribution in [0.3, 0.4) is 0 Å². The van der Waals surface area contributed by atoms with Crippen LogP contribution >= 0.6 is 0 Å². The van der Waals surface area contributed by atoms with Gasteiger partial charge in [0.25, 0.3) is 0 Å². The highest BCUT2D eigenvalue weighted by atomic mass is 16.4. The quantitative estimate of drug-likeness (QED) is 0.370. The molecule has 25 heavy (non-hydrogen) atoms. The summed E-state index contributed by atoms with van der Waals surface area (Å²) in [4.78, 5) is 22.6. The zero-order valence-corrected chi connectivity index (χ0v) is 15.1. The fourth-order valence-electron chi connectivity index (χ4n) is 3.27. The van der Waals surface area contributed by atoms with Crippen molar-refractivity contribution in [3.63, 3.8) is 0 Å². The Bertz CT molecular complexity index is 469. The molecule has 0 unspecified atom stereocenters. The molecule has 0 aromatic rings. The Morgan fingerprint density at radius 2 is 2.04 bits per heavy atom. The maximum Gasteiger partial charge on any atom is 0.303 e. The van der Waals surface area contributed by atoms with E-state index < -0.39 is 18.2 Å². The van der Waals surface area contributed by atoms with Gasteiger partial charge in [0, 0.05) is 24.7 Å². The molecule has 1 fully saturated rings. The third-order valence-corrected chi connectivity index (χ3v) is 4.71. The van der Waals surface area contributed by atoms with E-state index in [4.69, 9.17) is 5.11 Å². The van der Waals surface area contributed by atoms with Crippen LogP contribution < -0.4 is 0 Å². The smallest absolute Gasteiger partial charge is 0.303 e. The second-order valence-electron chi connectivity index (χ2n) is 6.86. The molecule has 0 aliphatic heterocycles. The van der Waals surface area contributed by atoms with Gasteiger partial charge in [0.05, 0.1) is 12.2 Å². The summed E-state index contributed by atoms with van der Waals surface area (Å²) in [6.07, 6.45) is 12.2. The first-order chi connectivity index (χ1) is 12.0. The number of hydrogen-bond acceptors (Lipinski definition) is 4. The van der Waals surface area contributed by atoms with Crippen LogP contribution in [-0.2, 0) is 9.59 Å².